The highest BCUT2D eigenvalue weighted by Crippen LogP contribution is 2.34. The standard InChI is InChI=1S/C12H14ClN3S/c1-7-4-10(14)9(13)6-11(7)17-12-5-8(2)15-16(12)3/h4-6H,14H2,1-3H3. The third kappa shape index (κ3) is 2.58. The fourth-order valence-electron chi connectivity index (χ4n) is 1.59. The lowest BCUT2D eigenvalue weighted by molar-refractivity contribution is 0.692. The molecule has 0 spiro atoms. The minimum atomic E-state index is 0.594. The van der Waals surface area contributed by atoms with Gasteiger partial charge in [0.2, 0.25) is 0 Å². The van der Waals surface area contributed by atoms with Crippen molar-refractivity contribution in [3.8, 4) is 0 Å². The summed E-state index contributed by atoms with van der Waals surface area (Å²) in [7, 11) is 1.93. The minimum absolute atomic E-state index is 0.594. The molecule has 5 heteroatoms. The number of nitrogens with two attached hydrogens (primary N) is 1. The fourth-order valence-corrected chi connectivity index (χ4v) is 2.84. The van der Waals surface area contributed by atoms with Crippen LogP contribution in [0.15, 0.2) is 28.1 Å². The molecule has 2 N–H and O–H groups in total. The number of hydrogen-bond donors (Lipinski definition) is 1. The van der Waals surface area contributed by atoms with Gasteiger partial charge in [0, 0.05) is 11.9 Å². The van der Waals surface area contributed by atoms with Crippen molar-refractivity contribution in [1.82, 2.24) is 9.78 Å². The number of aryl methyl sites for hydroxylation is 3. The molecule has 2 rings (SSSR count). The zero-order chi connectivity index (χ0) is 12.6. The van der Waals surface area contributed by atoms with E-state index in [9.17, 15) is 0 Å². The molecule has 0 aliphatic heterocycles. The van der Waals surface area contributed by atoms with E-state index in [1.54, 1.807) is 11.8 Å². The SMILES string of the molecule is Cc1cc(Sc2cc(Cl)c(N)cc2C)n(C)n1. The van der Waals surface area contributed by atoms with Gasteiger partial charge in [-0.15, -0.1) is 0 Å². The van der Waals surface area contributed by atoms with E-state index >= 15 is 0 Å². The van der Waals surface area contributed by atoms with Crippen LogP contribution in [0.3, 0.4) is 0 Å². The molecule has 17 heavy (non-hydrogen) atoms. The van der Waals surface area contributed by atoms with Crippen LogP contribution in [-0.4, -0.2) is 9.78 Å². The first-order valence-corrected chi connectivity index (χ1v) is 6.41. The normalized spacial score (nSPS) is 10.8. The van der Waals surface area contributed by atoms with Gasteiger partial charge < -0.3 is 5.73 Å². The maximum absolute atomic E-state index is 6.04. The molecule has 1 heterocycles. The second-order valence-electron chi connectivity index (χ2n) is 3.99. The Morgan fingerprint density at radius 2 is 2.00 bits per heavy atom. The quantitative estimate of drug-likeness (QED) is 0.848. The third-order valence-corrected chi connectivity index (χ3v) is 4.05. The lowest BCUT2D eigenvalue weighted by atomic mass is 10.2. The number of rotatable bonds is 2. The van der Waals surface area contributed by atoms with Gasteiger partial charge in [-0.1, -0.05) is 23.4 Å². The Balaban J connectivity index is 2.36. The number of aromatic nitrogens is 2. The van der Waals surface area contributed by atoms with E-state index in [-0.39, 0.29) is 0 Å². The first kappa shape index (κ1) is 12.3. The first-order valence-electron chi connectivity index (χ1n) is 5.21. The lowest BCUT2D eigenvalue weighted by Crippen LogP contribution is -1.93. The Morgan fingerprint density at radius 1 is 1.29 bits per heavy atom. The summed E-state index contributed by atoms with van der Waals surface area (Å²) >= 11 is 7.68. The van der Waals surface area contributed by atoms with Crippen molar-refractivity contribution in [2.75, 3.05) is 5.73 Å². The van der Waals surface area contributed by atoms with Crippen LogP contribution >= 0.6 is 23.4 Å². The molecule has 0 aliphatic carbocycles. The van der Waals surface area contributed by atoms with Crippen molar-refractivity contribution in [3.05, 3.63) is 34.5 Å². The van der Waals surface area contributed by atoms with Gasteiger partial charge in [0.25, 0.3) is 0 Å². The van der Waals surface area contributed by atoms with Crippen LogP contribution in [0, 0.1) is 13.8 Å². The van der Waals surface area contributed by atoms with Gasteiger partial charge in [-0.3, -0.25) is 4.68 Å². The van der Waals surface area contributed by atoms with Gasteiger partial charge >= 0.3 is 0 Å². The summed E-state index contributed by atoms with van der Waals surface area (Å²) in [5.41, 5.74) is 8.51. The molecule has 0 saturated heterocycles. The van der Waals surface area contributed by atoms with Crippen LogP contribution < -0.4 is 5.73 Å². The van der Waals surface area contributed by atoms with Crippen LogP contribution in [-0.2, 0) is 7.05 Å². The average Bonchev–Trinajstić information content (AvgIpc) is 2.54. The number of halogens is 1. The Hall–Kier alpha value is -1.13. The Bertz CT molecular complexity index is 563. The van der Waals surface area contributed by atoms with Crippen LogP contribution in [0.4, 0.5) is 5.69 Å². The van der Waals surface area contributed by atoms with E-state index in [0.29, 0.717) is 10.7 Å². The lowest BCUT2D eigenvalue weighted by Gasteiger charge is -2.08. The molecule has 0 amide bonds. The van der Waals surface area contributed by atoms with E-state index in [2.05, 4.69) is 5.10 Å². The summed E-state index contributed by atoms with van der Waals surface area (Å²) in [4.78, 5) is 1.10. The van der Waals surface area contributed by atoms with Gasteiger partial charge in [-0.25, -0.2) is 0 Å². The van der Waals surface area contributed by atoms with E-state index in [0.717, 1.165) is 21.2 Å². The van der Waals surface area contributed by atoms with Crippen LogP contribution in [0.5, 0.6) is 0 Å². The predicted octanol–water partition coefficient (Wildman–Crippen LogP) is 3.42. The van der Waals surface area contributed by atoms with E-state index < -0.39 is 0 Å². The second-order valence-corrected chi connectivity index (χ2v) is 5.46. The topological polar surface area (TPSA) is 43.8 Å². The van der Waals surface area contributed by atoms with Crippen molar-refractivity contribution in [1.29, 1.82) is 0 Å². The number of hydrogen-bond acceptors (Lipinski definition) is 3. The van der Waals surface area contributed by atoms with E-state index in [1.807, 2.05) is 43.8 Å². The Labute approximate surface area is 110 Å². The monoisotopic (exact) mass is 267 g/mol. The maximum atomic E-state index is 6.04. The maximum Gasteiger partial charge on any atom is 0.0987 e. The van der Waals surface area contributed by atoms with Crippen LogP contribution in [0.1, 0.15) is 11.3 Å². The predicted molar refractivity (Wildman–Crippen MR) is 72.7 cm³/mol. The Morgan fingerprint density at radius 3 is 2.59 bits per heavy atom. The second kappa shape index (κ2) is 4.63. The Kier molecular flexibility index (Phi) is 3.35. The molecule has 2 aromatic rings. The highest BCUT2D eigenvalue weighted by Gasteiger charge is 2.08. The molecule has 0 radical (unpaired) electrons. The highest BCUT2D eigenvalue weighted by atomic mass is 35.5. The number of nitrogen functional groups attached to an aromatic ring is 1. The van der Waals surface area contributed by atoms with Crippen molar-refractivity contribution < 1.29 is 0 Å². The molecule has 0 aliphatic rings. The van der Waals surface area contributed by atoms with Crippen molar-refractivity contribution in [3.63, 3.8) is 0 Å². The summed E-state index contributed by atoms with van der Waals surface area (Å²) in [6, 6.07) is 5.85. The van der Waals surface area contributed by atoms with E-state index in [1.165, 1.54) is 0 Å². The smallest absolute Gasteiger partial charge is 0.0987 e. The molecule has 1 aromatic carbocycles. The van der Waals surface area contributed by atoms with Gasteiger partial charge in [0.15, 0.2) is 0 Å². The number of benzene rings is 1. The van der Waals surface area contributed by atoms with Gasteiger partial charge in [0.1, 0.15) is 0 Å². The summed E-state index contributed by atoms with van der Waals surface area (Å²) in [5.74, 6) is 0. The number of anilines is 1. The van der Waals surface area contributed by atoms with Crippen LogP contribution in [0.2, 0.25) is 5.02 Å². The summed E-state index contributed by atoms with van der Waals surface area (Å²) in [6.07, 6.45) is 0. The van der Waals surface area contributed by atoms with E-state index in [4.69, 9.17) is 17.3 Å². The molecule has 90 valence electrons. The van der Waals surface area contributed by atoms with Crippen molar-refractivity contribution in [2.45, 2.75) is 23.8 Å². The third-order valence-electron chi connectivity index (χ3n) is 2.47. The van der Waals surface area contributed by atoms with Gasteiger partial charge in [0.05, 0.1) is 21.4 Å². The summed E-state index contributed by atoms with van der Waals surface area (Å²) in [6.45, 7) is 4.01. The molecule has 1 aromatic heterocycles. The molecule has 0 unspecified atom stereocenters. The molecule has 3 nitrogen and oxygen atoms in total. The molecular formula is C12H14ClN3S. The summed E-state index contributed by atoms with van der Waals surface area (Å²) < 4.78 is 1.86. The highest BCUT2D eigenvalue weighted by molar-refractivity contribution is 7.99. The van der Waals surface area contributed by atoms with Crippen molar-refractivity contribution in [2.24, 2.45) is 7.05 Å². The van der Waals surface area contributed by atoms with Crippen LogP contribution in [0.25, 0.3) is 0 Å². The van der Waals surface area contributed by atoms with Gasteiger partial charge in [-0.05, 0) is 37.6 Å². The molecule has 0 saturated carbocycles. The molecule has 0 atom stereocenters. The molecule has 0 fully saturated rings. The molecule has 0 bridgehead atoms. The first-order chi connectivity index (χ1) is 7.97. The fraction of sp³-hybridized carbons (Fsp3) is 0.250. The average molecular weight is 268 g/mol. The number of nitrogens with zero attached hydrogens (tertiary/aromatic N) is 2. The largest absolute Gasteiger partial charge is 0.398 e. The molecular weight excluding hydrogens is 254 g/mol. The van der Waals surface area contributed by atoms with Gasteiger partial charge in [-0.2, -0.15) is 5.10 Å². The zero-order valence-corrected chi connectivity index (χ0v) is 11.6. The minimum Gasteiger partial charge on any atom is -0.398 e. The zero-order valence-electron chi connectivity index (χ0n) is 9.99. The van der Waals surface area contributed by atoms with Crippen molar-refractivity contribution >= 4 is 29.1 Å². The summed E-state index contributed by atoms with van der Waals surface area (Å²) in [5, 5.41) is 6.00.